The molecule has 1 fully saturated rings. The predicted octanol–water partition coefficient (Wildman–Crippen LogP) is -0.943. The first kappa shape index (κ1) is 36.8. The topological polar surface area (TPSA) is 214 Å². The van der Waals surface area contributed by atoms with Gasteiger partial charge < -0.3 is 46.4 Å². The average molecular weight is 680 g/mol. The quantitative estimate of drug-likeness (QED) is 0.190. The lowest BCUT2D eigenvalue weighted by atomic mass is 9.96. The maximum atomic E-state index is 13.5. The van der Waals surface area contributed by atoms with E-state index in [1.165, 1.54) is 11.2 Å². The Hall–Kier alpha value is -5.02. The predicted molar refractivity (Wildman–Crippen MR) is 177 cm³/mol. The van der Waals surface area contributed by atoms with Gasteiger partial charge in [-0.2, -0.15) is 0 Å². The number of benzene rings is 1. The van der Waals surface area contributed by atoms with E-state index in [9.17, 15) is 28.8 Å². The number of carbonyl (C=O) groups excluding carboxylic acids is 6. The van der Waals surface area contributed by atoms with Gasteiger partial charge in [-0.3, -0.25) is 28.8 Å². The van der Waals surface area contributed by atoms with Crippen LogP contribution in [0.3, 0.4) is 0 Å². The highest BCUT2D eigenvalue weighted by molar-refractivity contribution is 5.97. The fourth-order valence-corrected chi connectivity index (χ4v) is 5.62. The van der Waals surface area contributed by atoms with Crippen LogP contribution in [0.15, 0.2) is 59.2 Å². The Morgan fingerprint density at radius 1 is 0.959 bits per heavy atom. The van der Waals surface area contributed by atoms with Crippen LogP contribution in [0, 0.1) is 5.92 Å². The van der Waals surface area contributed by atoms with Crippen molar-refractivity contribution in [3.63, 3.8) is 0 Å². The van der Waals surface area contributed by atoms with E-state index < -0.39 is 47.5 Å². The third-order valence-electron chi connectivity index (χ3n) is 8.21. The number of ether oxygens (including phenoxy) is 1. The lowest BCUT2D eigenvalue weighted by Gasteiger charge is -2.32. The number of hydrogen-bond acceptors (Lipinski definition) is 9. The minimum Gasteiger partial charge on any atom is -0.469 e. The van der Waals surface area contributed by atoms with Crippen LogP contribution in [0.25, 0.3) is 0 Å². The first-order chi connectivity index (χ1) is 23.7. The highest BCUT2D eigenvalue weighted by Gasteiger charge is 2.31. The molecule has 6 amide bonds. The van der Waals surface area contributed by atoms with Gasteiger partial charge in [0, 0.05) is 57.8 Å². The van der Waals surface area contributed by atoms with Gasteiger partial charge in [0.1, 0.15) is 17.8 Å². The molecular formula is C34H45N7O8. The molecule has 2 aliphatic heterocycles. The van der Waals surface area contributed by atoms with Crippen molar-refractivity contribution in [2.24, 2.45) is 11.7 Å². The van der Waals surface area contributed by atoms with E-state index in [1.807, 2.05) is 0 Å². The molecule has 1 aromatic carbocycles. The molecule has 3 heterocycles. The largest absolute Gasteiger partial charge is 0.469 e. The molecular weight excluding hydrogens is 634 g/mol. The first-order valence-corrected chi connectivity index (χ1v) is 16.5. The van der Waals surface area contributed by atoms with Crippen LogP contribution in [-0.4, -0.2) is 98.4 Å². The summed E-state index contributed by atoms with van der Waals surface area (Å²) in [6, 6.07) is 8.54. The van der Waals surface area contributed by atoms with E-state index in [-0.39, 0.29) is 58.0 Å². The molecule has 0 radical (unpaired) electrons. The van der Waals surface area contributed by atoms with Crippen molar-refractivity contribution in [2.75, 3.05) is 45.9 Å². The van der Waals surface area contributed by atoms with E-state index in [0.29, 0.717) is 49.4 Å². The fraction of sp³-hybridized carbons (Fsp3) is 0.471. The van der Waals surface area contributed by atoms with Crippen molar-refractivity contribution in [3.05, 3.63) is 71.7 Å². The second kappa shape index (κ2) is 19.1. The van der Waals surface area contributed by atoms with Gasteiger partial charge in [0.05, 0.1) is 31.8 Å². The van der Waals surface area contributed by atoms with E-state index in [4.69, 9.17) is 14.9 Å². The Kier molecular flexibility index (Phi) is 14.3. The van der Waals surface area contributed by atoms with Crippen LogP contribution in [0.1, 0.15) is 36.1 Å². The van der Waals surface area contributed by atoms with Crippen LogP contribution >= 0.6 is 0 Å². The maximum absolute atomic E-state index is 13.5. The van der Waals surface area contributed by atoms with Gasteiger partial charge in [0.25, 0.3) is 0 Å². The number of furan rings is 1. The molecule has 1 aromatic heterocycles. The number of nitrogens with two attached hydrogens (primary N) is 1. The summed E-state index contributed by atoms with van der Waals surface area (Å²) in [4.78, 5) is 80.2. The maximum Gasteiger partial charge on any atom is 0.246 e. The summed E-state index contributed by atoms with van der Waals surface area (Å²) in [6.45, 7) is 1.78. The molecule has 0 unspecified atom stereocenters. The van der Waals surface area contributed by atoms with Crippen LogP contribution in [0.2, 0.25) is 0 Å². The molecule has 2 bridgehead atoms. The van der Waals surface area contributed by atoms with Crippen molar-refractivity contribution in [1.82, 2.24) is 31.5 Å². The molecule has 49 heavy (non-hydrogen) atoms. The van der Waals surface area contributed by atoms with Gasteiger partial charge in [-0.25, -0.2) is 0 Å². The highest BCUT2D eigenvalue weighted by Crippen LogP contribution is 2.18. The number of nitrogens with one attached hydrogen (secondary N) is 5. The van der Waals surface area contributed by atoms with Crippen molar-refractivity contribution in [1.29, 1.82) is 0 Å². The van der Waals surface area contributed by atoms with Gasteiger partial charge in [-0.1, -0.05) is 24.3 Å². The van der Waals surface area contributed by atoms with Crippen molar-refractivity contribution in [2.45, 2.75) is 50.7 Å². The monoisotopic (exact) mass is 679 g/mol. The van der Waals surface area contributed by atoms with Gasteiger partial charge in [-0.05, 0) is 42.5 Å². The van der Waals surface area contributed by atoms with Crippen LogP contribution in [-0.2, 0) is 52.9 Å². The Balaban J connectivity index is 1.54. The summed E-state index contributed by atoms with van der Waals surface area (Å²) in [5.41, 5.74) is 6.74. The Morgan fingerprint density at radius 3 is 2.55 bits per heavy atom. The molecule has 7 N–H and O–H groups in total. The van der Waals surface area contributed by atoms with Gasteiger partial charge in [0.2, 0.25) is 35.4 Å². The van der Waals surface area contributed by atoms with Crippen molar-refractivity contribution >= 4 is 35.4 Å². The first-order valence-electron chi connectivity index (χ1n) is 16.5. The van der Waals surface area contributed by atoms with Crippen molar-refractivity contribution in [3.8, 4) is 0 Å². The third kappa shape index (κ3) is 11.9. The number of hydrogen-bond donors (Lipinski definition) is 6. The van der Waals surface area contributed by atoms with Crippen LogP contribution in [0.4, 0.5) is 0 Å². The normalized spacial score (nSPS) is 22.3. The molecule has 1 saturated heterocycles. The number of piperidine rings is 1. The summed E-state index contributed by atoms with van der Waals surface area (Å²) >= 11 is 0. The average Bonchev–Trinajstić information content (AvgIpc) is 3.62. The van der Waals surface area contributed by atoms with E-state index in [2.05, 4.69) is 26.6 Å². The summed E-state index contributed by atoms with van der Waals surface area (Å²) < 4.78 is 10.8. The molecule has 15 nitrogen and oxygen atoms in total. The standard InChI is InChI=1S/C34H45N7O8/c35-12-17-48-18-14-37-33(46)27-11-13-36-29(42)9-10-31(44)41-15-3-7-25(22-41)32(45)40-28(20-26-8-4-16-49-26)34(47)38-21-24-6-2-1-5-23(24)19-30(43)39-27/h1-2,4-6,8-10,16,25,27-28H,3,7,11-15,17-22,35H2,(H,36,42)(H,37,46)(H,38,47)(H,39,43)(H,40,45)/b10-9-/t25-,27+,28+/m1/s1. The molecule has 2 aromatic rings. The lowest BCUT2D eigenvalue weighted by Crippen LogP contribution is -2.52. The van der Waals surface area contributed by atoms with Gasteiger partial charge >= 0.3 is 0 Å². The zero-order chi connectivity index (χ0) is 35.0. The number of carbonyl (C=O) groups is 6. The Labute approximate surface area is 284 Å². The summed E-state index contributed by atoms with van der Waals surface area (Å²) in [5, 5.41) is 13.9. The lowest BCUT2D eigenvalue weighted by molar-refractivity contribution is -0.135. The zero-order valence-electron chi connectivity index (χ0n) is 27.4. The molecule has 0 aliphatic carbocycles. The Morgan fingerprint density at radius 2 is 1.78 bits per heavy atom. The van der Waals surface area contributed by atoms with Crippen LogP contribution in [0.5, 0.6) is 0 Å². The minimum absolute atomic E-state index is 0.0349. The molecule has 15 heteroatoms. The molecule has 3 atom stereocenters. The minimum atomic E-state index is -0.978. The molecule has 2 aliphatic rings. The van der Waals surface area contributed by atoms with Gasteiger partial charge in [0.15, 0.2) is 0 Å². The highest BCUT2D eigenvalue weighted by atomic mass is 16.5. The number of nitrogens with zero attached hydrogens (tertiary/aromatic N) is 1. The fourth-order valence-electron chi connectivity index (χ4n) is 5.62. The summed E-state index contributed by atoms with van der Waals surface area (Å²) in [5.74, 6) is -2.75. The zero-order valence-corrected chi connectivity index (χ0v) is 27.4. The second-order valence-corrected chi connectivity index (χ2v) is 11.9. The smallest absolute Gasteiger partial charge is 0.246 e. The number of amides is 6. The second-order valence-electron chi connectivity index (χ2n) is 11.9. The molecule has 264 valence electrons. The molecule has 0 spiro atoms. The summed E-state index contributed by atoms with van der Waals surface area (Å²) in [7, 11) is 0. The SMILES string of the molecule is NCCOCCNC(=O)[C@@H]1CCNC(=O)/C=C\C(=O)N2CCC[C@H](C2)C(=O)N[C@@H](Cc2ccco2)C(=O)NCc2ccccc2CC(=O)N1. The van der Waals surface area contributed by atoms with Gasteiger partial charge in [-0.15, -0.1) is 0 Å². The van der Waals surface area contributed by atoms with E-state index >= 15 is 0 Å². The van der Waals surface area contributed by atoms with E-state index in [1.54, 1.807) is 36.4 Å². The van der Waals surface area contributed by atoms with E-state index in [0.717, 1.165) is 12.2 Å². The van der Waals surface area contributed by atoms with Crippen LogP contribution < -0.4 is 32.3 Å². The third-order valence-corrected chi connectivity index (χ3v) is 8.21. The van der Waals surface area contributed by atoms with Crippen molar-refractivity contribution < 1.29 is 37.9 Å². The Bertz CT molecular complexity index is 1480. The number of rotatable bonds is 8. The molecule has 0 saturated carbocycles. The number of fused-ring (bicyclic) bond motifs is 3. The molecule has 4 rings (SSSR count). The summed E-state index contributed by atoms with van der Waals surface area (Å²) in [6.07, 6.45) is 4.91.